The van der Waals surface area contributed by atoms with Gasteiger partial charge in [-0.25, -0.2) is 4.68 Å². The molecule has 0 fully saturated rings. The zero-order valence-corrected chi connectivity index (χ0v) is 8.92. The third kappa shape index (κ3) is 1.40. The van der Waals surface area contributed by atoms with Gasteiger partial charge in [-0.2, -0.15) is 5.10 Å². The van der Waals surface area contributed by atoms with E-state index in [0.29, 0.717) is 5.56 Å². The minimum Gasteiger partial charge on any atom is -0.366 e. The highest BCUT2D eigenvalue weighted by Gasteiger charge is 2.16. The number of nitrogens with one attached hydrogen (secondary N) is 1. The summed E-state index contributed by atoms with van der Waals surface area (Å²) in [7, 11) is 0. The molecule has 84 valence electrons. The van der Waals surface area contributed by atoms with Crippen molar-refractivity contribution < 1.29 is 4.79 Å². The summed E-state index contributed by atoms with van der Waals surface area (Å²) in [5.41, 5.74) is 8.38. The van der Waals surface area contributed by atoms with Gasteiger partial charge < -0.3 is 11.1 Å². The first-order valence-corrected chi connectivity index (χ1v) is 5.17. The van der Waals surface area contributed by atoms with Crippen LogP contribution in [-0.2, 0) is 0 Å². The number of anilines is 1. The Morgan fingerprint density at radius 1 is 1.35 bits per heavy atom. The third-order valence-corrected chi connectivity index (χ3v) is 2.72. The van der Waals surface area contributed by atoms with Crippen molar-refractivity contribution in [3.8, 4) is 11.3 Å². The minimum absolute atomic E-state index is 0.448. The van der Waals surface area contributed by atoms with Gasteiger partial charge in [-0.15, -0.1) is 0 Å². The van der Waals surface area contributed by atoms with Gasteiger partial charge in [-0.3, -0.25) is 4.79 Å². The number of para-hydroxylation sites is 1. The number of amides is 1. The van der Waals surface area contributed by atoms with Gasteiger partial charge in [-0.1, -0.05) is 12.1 Å². The van der Waals surface area contributed by atoms with Gasteiger partial charge in [-0.05, 0) is 12.1 Å². The molecule has 0 bridgehead atoms. The van der Waals surface area contributed by atoms with Crippen LogP contribution in [0.25, 0.3) is 17.5 Å². The number of nitrogens with two attached hydrogens (primary N) is 1. The maximum absolute atomic E-state index is 11.4. The van der Waals surface area contributed by atoms with Crippen LogP contribution in [0.1, 0.15) is 10.4 Å². The van der Waals surface area contributed by atoms with E-state index in [-0.39, 0.29) is 0 Å². The molecule has 0 aliphatic carbocycles. The summed E-state index contributed by atoms with van der Waals surface area (Å²) in [5.74, 6) is -0.448. The maximum atomic E-state index is 11.4. The van der Waals surface area contributed by atoms with Crippen LogP contribution in [0.15, 0.2) is 36.7 Å². The summed E-state index contributed by atoms with van der Waals surface area (Å²) >= 11 is 0. The second-order valence-corrected chi connectivity index (χ2v) is 3.71. The van der Waals surface area contributed by atoms with Crippen LogP contribution < -0.4 is 11.1 Å². The average molecular weight is 226 g/mol. The van der Waals surface area contributed by atoms with Gasteiger partial charge in [0.05, 0.1) is 23.1 Å². The summed E-state index contributed by atoms with van der Waals surface area (Å²) in [6, 6.07) is 7.33. The predicted molar refractivity (Wildman–Crippen MR) is 65.1 cm³/mol. The van der Waals surface area contributed by atoms with E-state index in [4.69, 9.17) is 5.73 Å². The number of primary amides is 1. The normalized spacial score (nSPS) is 12.2. The van der Waals surface area contributed by atoms with Crippen molar-refractivity contribution in [2.75, 3.05) is 5.32 Å². The molecule has 1 aliphatic rings. The first-order valence-electron chi connectivity index (χ1n) is 5.17. The second kappa shape index (κ2) is 3.48. The summed E-state index contributed by atoms with van der Waals surface area (Å²) in [6.07, 6.45) is 5.24. The SMILES string of the molecule is NC(=O)c1cccc2c1NC=Cn1nccc1-2. The molecule has 0 saturated carbocycles. The molecule has 5 heteroatoms. The monoisotopic (exact) mass is 226 g/mol. The number of carbonyl (C=O) groups is 1. The lowest BCUT2D eigenvalue weighted by molar-refractivity contribution is 0.100. The van der Waals surface area contributed by atoms with E-state index in [9.17, 15) is 4.79 Å². The van der Waals surface area contributed by atoms with Gasteiger partial charge in [0.25, 0.3) is 5.91 Å². The standard InChI is InChI=1S/C12H10N4O/c13-12(17)9-3-1-2-8-10-4-5-15-16(10)7-6-14-11(8)9/h1-7,14H,(H2,13,17). The van der Waals surface area contributed by atoms with Crippen molar-refractivity contribution in [1.29, 1.82) is 0 Å². The number of nitrogens with zero attached hydrogens (tertiary/aromatic N) is 2. The Kier molecular flexibility index (Phi) is 1.98. The van der Waals surface area contributed by atoms with Crippen LogP contribution in [0, 0.1) is 0 Å². The molecule has 0 spiro atoms. The molecule has 0 saturated heterocycles. The molecular formula is C12H10N4O. The average Bonchev–Trinajstić information content (AvgIpc) is 2.70. The Hall–Kier alpha value is -2.56. The van der Waals surface area contributed by atoms with E-state index in [2.05, 4.69) is 10.4 Å². The number of fused-ring (bicyclic) bond motifs is 3. The Labute approximate surface area is 97.5 Å². The second-order valence-electron chi connectivity index (χ2n) is 3.71. The molecular weight excluding hydrogens is 216 g/mol. The topological polar surface area (TPSA) is 72.9 Å². The molecule has 5 nitrogen and oxygen atoms in total. The predicted octanol–water partition coefficient (Wildman–Crippen LogP) is 1.50. The Bertz CT molecular complexity index is 627. The summed E-state index contributed by atoms with van der Waals surface area (Å²) in [6.45, 7) is 0. The molecule has 0 unspecified atom stereocenters. The van der Waals surface area contributed by atoms with Gasteiger partial charge >= 0.3 is 0 Å². The lowest BCUT2D eigenvalue weighted by atomic mass is 10.0. The minimum atomic E-state index is -0.448. The number of aromatic nitrogens is 2. The molecule has 3 rings (SSSR count). The number of rotatable bonds is 1. The zero-order valence-electron chi connectivity index (χ0n) is 8.92. The van der Waals surface area contributed by atoms with Crippen molar-refractivity contribution in [2.24, 2.45) is 5.73 Å². The maximum Gasteiger partial charge on any atom is 0.250 e. The molecule has 1 aromatic heterocycles. The van der Waals surface area contributed by atoms with Crippen LogP contribution in [-0.4, -0.2) is 15.7 Å². The fraction of sp³-hybridized carbons (Fsp3) is 0. The molecule has 1 amide bonds. The molecule has 0 atom stereocenters. The third-order valence-electron chi connectivity index (χ3n) is 2.72. The Balaban J connectivity index is 2.32. The van der Waals surface area contributed by atoms with E-state index < -0.39 is 5.91 Å². The summed E-state index contributed by atoms with van der Waals surface area (Å²) in [5, 5.41) is 7.23. The summed E-state index contributed by atoms with van der Waals surface area (Å²) in [4.78, 5) is 11.4. The van der Waals surface area contributed by atoms with Gasteiger partial charge in [0.15, 0.2) is 0 Å². The molecule has 2 heterocycles. The van der Waals surface area contributed by atoms with E-state index in [1.54, 1.807) is 29.3 Å². The summed E-state index contributed by atoms with van der Waals surface area (Å²) < 4.78 is 1.74. The highest BCUT2D eigenvalue weighted by Crippen LogP contribution is 2.32. The quantitative estimate of drug-likeness (QED) is 0.774. The van der Waals surface area contributed by atoms with Crippen LogP contribution in [0.2, 0.25) is 0 Å². The van der Waals surface area contributed by atoms with Gasteiger partial charge in [0.1, 0.15) is 0 Å². The Morgan fingerprint density at radius 2 is 2.24 bits per heavy atom. The van der Waals surface area contributed by atoms with Crippen LogP contribution in [0.4, 0.5) is 5.69 Å². The number of hydrogen-bond donors (Lipinski definition) is 2. The highest BCUT2D eigenvalue weighted by molar-refractivity contribution is 6.02. The van der Waals surface area contributed by atoms with Crippen molar-refractivity contribution in [3.63, 3.8) is 0 Å². The fourth-order valence-corrected chi connectivity index (χ4v) is 1.96. The van der Waals surface area contributed by atoms with E-state index in [1.165, 1.54) is 0 Å². The highest BCUT2D eigenvalue weighted by atomic mass is 16.1. The van der Waals surface area contributed by atoms with E-state index in [1.807, 2.05) is 18.2 Å². The van der Waals surface area contributed by atoms with E-state index in [0.717, 1.165) is 16.9 Å². The largest absolute Gasteiger partial charge is 0.366 e. The van der Waals surface area contributed by atoms with Crippen LogP contribution >= 0.6 is 0 Å². The van der Waals surface area contributed by atoms with Gasteiger partial charge in [0, 0.05) is 18.0 Å². The lowest BCUT2D eigenvalue weighted by Crippen LogP contribution is -2.13. The Morgan fingerprint density at radius 3 is 3.06 bits per heavy atom. The molecule has 1 aromatic carbocycles. The molecule has 1 aliphatic heterocycles. The van der Waals surface area contributed by atoms with Crippen molar-refractivity contribution in [3.05, 3.63) is 42.2 Å². The molecule has 2 aromatic rings. The lowest BCUT2D eigenvalue weighted by Gasteiger charge is -2.10. The zero-order chi connectivity index (χ0) is 11.8. The fourth-order valence-electron chi connectivity index (χ4n) is 1.96. The smallest absolute Gasteiger partial charge is 0.250 e. The first-order chi connectivity index (χ1) is 8.27. The first kappa shape index (κ1) is 9.65. The van der Waals surface area contributed by atoms with Crippen LogP contribution in [0.3, 0.4) is 0 Å². The van der Waals surface area contributed by atoms with E-state index >= 15 is 0 Å². The molecule has 3 N–H and O–H groups in total. The van der Waals surface area contributed by atoms with Crippen molar-refractivity contribution in [2.45, 2.75) is 0 Å². The van der Waals surface area contributed by atoms with Gasteiger partial charge in [0.2, 0.25) is 0 Å². The molecule has 0 radical (unpaired) electrons. The number of hydrogen-bond acceptors (Lipinski definition) is 3. The van der Waals surface area contributed by atoms with Crippen molar-refractivity contribution >= 4 is 17.8 Å². The van der Waals surface area contributed by atoms with Crippen LogP contribution in [0.5, 0.6) is 0 Å². The van der Waals surface area contributed by atoms with Crippen molar-refractivity contribution in [1.82, 2.24) is 9.78 Å². The molecule has 17 heavy (non-hydrogen) atoms. The number of benzene rings is 1. The number of carbonyl (C=O) groups excluding carboxylic acids is 1.